The summed E-state index contributed by atoms with van der Waals surface area (Å²) in [5.74, 6) is -0.322. The first-order valence-electron chi connectivity index (χ1n) is 2.58. The molecule has 0 aliphatic rings. The van der Waals surface area contributed by atoms with Crippen molar-refractivity contribution in [1.29, 1.82) is 0 Å². The van der Waals surface area contributed by atoms with Crippen LogP contribution in [0.5, 0.6) is 0 Å². The molecule has 0 saturated carbocycles. The Bertz CT molecular complexity index is 98.7. The van der Waals surface area contributed by atoms with E-state index >= 15 is 0 Å². The third-order valence-electron chi connectivity index (χ3n) is 1.01. The Labute approximate surface area is 49.4 Å². The van der Waals surface area contributed by atoms with Gasteiger partial charge in [0.25, 0.3) is 0 Å². The first kappa shape index (κ1) is 7.21. The molecular formula is C6H11NO. The normalized spacial score (nSPS) is 12.6. The Kier molecular flexibility index (Phi) is 2.92. The molecule has 0 rings (SSSR count). The van der Waals surface area contributed by atoms with Gasteiger partial charge in [-0.15, -0.1) is 6.58 Å². The van der Waals surface area contributed by atoms with E-state index < -0.39 is 0 Å². The average Bonchev–Trinajstić information content (AvgIpc) is 1.67. The summed E-state index contributed by atoms with van der Waals surface area (Å²) in [6, 6.07) is 0. The molecule has 0 fully saturated rings. The molecule has 0 radical (unpaired) electrons. The Morgan fingerprint density at radius 1 is 2.00 bits per heavy atom. The van der Waals surface area contributed by atoms with Gasteiger partial charge in [-0.2, -0.15) is 0 Å². The second kappa shape index (κ2) is 3.24. The van der Waals surface area contributed by atoms with E-state index in [4.69, 9.17) is 5.73 Å². The van der Waals surface area contributed by atoms with E-state index in [1.807, 2.05) is 0 Å². The Morgan fingerprint density at radius 2 is 2.50 bits per heavy atom. The molecule has 2 nitrogen and oxygen atoms in total. The number of allylic oxidation sites excluding steroid dienone is 1. The third kappa shape index (κ3) is 2.39. The number of rotatable bonds is 3. The summed E-state index contributed by atoms with van der Waals surface area (Å²) in [5, 5.41) is 0. The second-order valence-electron chi connectivity index (χ2n) is 1.83. The average molecular weight is 113 g/mol. The summed E-state index contributed by atoms with van der Waals surface area (Å²) in [7, 11) is 0. The Morgan fingerprint density at radius 3 is 2.62 bits per heavy atom. The van der Waals surface area contributed by atoms with E-state index in [0.29, 0.717) is 6.42 Å². The zero-order chi connectivity index (χ0) is 6.57. The molecule has 1 atom stereocenters. The topological polar surface area (TPSA) is 43.1 Å². The van der Waals surface area contributed by atoms with Crippen LogP contribution in [-0.4, -0.2) is 5.91 Å². The van der Waals surface area contributed by atoms with Crippen LogP contribution in [0.3, 0.4) is 0 Å². The summed E-state index contributed by atoms with van der Waals surface area (Å²) in [6.45, 7) is 5.26. The first-order valence-corrected chi connectivity index (χ1v) is 2.58. The fourth-order valence-corrected chi connectivity index (χ4v) is 0.366. The molecule has 46 valence electrons. The highest BCUT2D eigenvalue weighted by Crippen LogP contribution is 1.98. The van der Waals surface area contributed by atoms with E-state index in [-0.39, 0.29) is 11.8 Å². The van der Waals surface area contributed by atoms with Gasteiger partial charge in [0.05, 0.1) is 0 Å². The minimum absolute atomic E-state index is 0.0625. The van der Waals surface area contributed by atoms with Gasteiger partial charge in [0, 0.05) is 5.92 Å². The number of amides is 1. The second-order valence-corrected chi connectivity index (χ2v) is 1.83. The van der Waals surface area contributed by atoms with Crippen LogP contribution in [0.4, 0.5) is 0 Å². The summed E-state index contributed by atoms with van der Waals surface area (Å²) in [4.78, 5) is 10.3. The van der Waals surface area contributed by atoms with Crippen LogP contribution in [0.15, 0.2) is 12.7 Å². The number of hydrogen-bond acceptors (Lipinski definition) is 1. The van der Waals surface area contributed by atoms with E-state index in [9.17, 15) is 4.79 Å². The molecule has 2 N–H and O–H groups in total. The van der Waals surface area contributed by atoms with Crippen LogP contribution in [-0.2, 0) is 4.79 Å². The highest BCUT2D eigenvalue weighted by Gasteiger charge is 2.03. The largest absolute Gasteiger partial charge is 0.369 e. The van der Waals surface area contributed by atoms with Crippen LogP contribution >= 0.6 is 0 Å². The molecule has 0 aliphatic heterocycles. The Hall–Kier alpha value is -0.790. The van der Waals surface area contributed by atoms with Gasteiger partial charge >= 0.3 is 0 Å². The molecule has 0 aromatic carbocycles. The smallest absolute Gasteiger partial charge is 0.220 e. The van der Waals surface area contributed by atoms with E-state index in [1.165, 1.54) is 0 Å². The lowest BCUT2D eigenvalue weighted by atomic mass is 10.1. The molecule has 8 heavy (non-hydrogen) atoms. The van der Waals surface area contributed by atoms with E-state index in [1.54, 1.807) is 13.0 Å². The summed E-state index contributed by atoms with van der Waals surface area (Å²) in [6.07, 6.45) is 2.37. The lowest BCUT2D eigenvalue weighted by Gasteiger charge is -1.99. The van der Waals surface area contributed by atoms with Crippen LogP contribution in [0, 0.1) is 5.92 Å². The molecule has 0 aromatic heterocycles. The predicted octanol–water partition coefficient (Wildman–Crippen LogP) is 0.684. The maximum Gasteiger partial charge on any atom is 0.220 e. The van der Waals surface area contributed by atoms with Gasteiger partial charge in [-0.25, -0.2) is 0 Å². The van der Waals surface area contributed by atoms with Gasteiger partial charge in [0.2, 0.25) is 5.91 Å². The lowest BCUT2D eigenvalue weighted by Crippen LogP contribution is -2.19. The van der Waals surface area contributed by atoms with Crippen molar-refractivity contribution in [2.45, 2.75) is 13.3 Å². The molecule has 2 heteroatoms. The fourth-order valence-electron chi connectivity index (χ4n) is 0.366. The number of hydrogen-bond donors (Lipinski definition) is 1. The first-order chi connectivity index (χ1) is 3.68. The zero-order valence-corrected chi connectivity index (χ0v) is 5.05. The monoisotopic (exact) mass is 113 g/mol. The van der Waals surface area contributed by atoms with Gasteiger partial charge in [-0.3, -0.25) is 4.79 Å². The number of nitrogens with two attached hydrogens (primary N) is 1. The van der Waals surface area contributed by atoms with Gasteiger partial charge < -0.3 is 5.73 Å². The van der Waals surface area contributed by atoms with E-state index in [2.05, 4.69) is 6.58 Å². The van der Waals surface area contributed by atoms with Crippen molar-refractivity contribution in [2.75, 3.05) is 0 Å². The minimum atomic E-state index is -0.259. The van der Waals surface area contributed by atoms with Crippen molar-refractivity contribution >= 4 is 5.91 Å². The number of carbonyl (C=O) groups is 1. The minimum Gasteiger partial charge on any atom is -0.369 e. The van der Waals surface area contributed by atoms with Crippen molar-refractivity contribution in [1.82, 2.24) is 0 Å². The Balaban J connectivity index is 3.46. The quantitative estimate of drug-likeness (QED) is 0.537. The highest BCUT2D eigenvalue weighted by molar-refractivity contribution is 5.76. The van der Waals surface area contributed by atoms with Crippen LogP contribution in [0.2, 0.25) is 0 Å². The molecule has 0 spiro atoms. The molecule has 0 aromatic rings. The molecule has 1 amide bonds. The third-order valence-corrected chi connectivity index (χ3v) is 1.01. The standard InChI is InChI=1S/C6H11NO/c1-3-4-5(2)6(7)8/h3,5H,1,4H2,2H3,(H2,7,8)/t5-/m0/s1. The van der Waals surface area contributed by atoms with Crippen LogP contribution in [0.25, 0.3) is 0 Å². The van der Waals surface area contributed by atoms with Crippen molar-refractivity contribution in [2.24, 2.45) is 11.7 Å². The lowest BCUT2D eigenvalue weighted by molar-refractivity contribution is -0.121. The molecule has 0 saturated heterocycles. The van der Waals surface area contributed by atoms with Crippen molar-refractivity contribution in [3.8, 4) is 0 Å². The highest BCUT2D eigenvalue weighted by atomic mass is 16.1. The molecule has 0 heterocycles. The molecule has 0 aliphatic carbocycles. The number of carbonyl (C=O) groups excluding carboxylic acids is 1. The van der Waals surface area contributed by atoms with E-state index in [0.717, 1.165) is 0 Å². The molecule has 0 unspecified atom stereocenters. The van der Waals surface area contributed by atoms with Gasteiger partial charge in [0.15, 0.2) is 0 Å². The SMILES string of the molecule is C=CC[C@H](C)C(N)=O. The van der Waals surface area contributed by atoms with Gasteiger partial charge in [-0.05, 0) is 6.42 Å². The summed E-state index contributed by atoms with van der Waals surface area (Å²) in [5.41, 5.74) is 4.94. The fraction of sp³-hybridized carbons (Fsp3) is 0.500. The zero-order valence-electron chi connectivity index (χ0n) is 5.05. The molecule has 0 bridgehead atoms. The van der Waals surface area contributed by atoms with Crippen molar-refractivity contribution in [3.63, 3.8) is 0 Å². The summed E-state index contributed by atoms with van der Waals surface area (Å²) < 4.78 is 0. The van der Waals surface area contributed by atoms with Gasteiger partial charge in [0.1, 0.15) is 0 Å². The van der Waals surface area contributed by atoms with Crippen molar-refractivity contribution < 1.29 is 4.79 Å². The maximum atomic E-state index is 10.3. The van der Waals surface area contributed by atoms with Gasteiger partial charge in [-0.1, -0.05) is 13.0 Å². The van der Waals surface area contributed by atoms with Crippen LogP contribution in [0.1, 0.15) is 13.3 Å². The number of primary amides is 1. The molecular weight excluding hydrogens is 102 g/mol. The predicted molar refractivity (Wildman–Crippen MR) is 33.2 cm³/mol. The van der Waals surface area contributed by atoms with Crippen LogP contribution < -0.4 is 5.73 Å². The maximum absolute atomic E-state index is 10.3. The van der Waals surface area contributed by atoms with Crippen molar-refractivity contribution in [3.05, 3.63) is 12.7 Å². The summed E-state index contributed by atoms with van der Waals surface area (Å²) >= 11 is 0.